The number of rotatable bonds is 2. The Hall–Kier alpha value is -1.09. The van der Waals surface area contributed by atoms with E-state index in [0.717, 1.165) is 24.0 Å². The molecule has 0 aromatic carbocycles. The van der Waals surface area contributed by atoms with Crippen molar-refractivity contribution >= 4 is 5.82 Å². The van der Waals surface area contributed by atoms with Crippen LogP contribution in [0, 0.1) is 12.3 Å². The second kappa shape index (κ2) is 2.95. The largest absolute Gasteiger partial charge is 0.385 e. The number of aromatic nitrogens is 1. The third kappa shape index (κ3) is 1.42. The molecular formula is C12H18N2O. The Morgan fingerprint density at radius 3 is 2.60 bits per heavy atom. The summed E-state index contributed by atoms with van der Waals surface area (Å²) in [7, 11) is 0. The summed E-state index contributed by atoms with van der Waals surface area (Å²) in [4.78, 5) is 4.07. The summed E-state index contributed by atoms with van der Waals surface area (Å²) < 4.78 is 0. The van der Waals surface area contributed by atoms with E-state index in [1.165, 1.54) is 0 Å². The number of anilines is 1. The van der Waals surface area contributed by atoms with Crippen LogP contribution in [0.1, 0.15) is 37.8 Å². The van der Waals surface area contributed by atoms with Crippen molar-refractivity contribution in [3.63, 3.8) is 0 Å². The fourth-order valence-corrected chi connectivity index (χ4v) is 2.19. The minimum Gasteiger partial charge on any atom is -0.385 e. The Morgan fingerprint density at radius 2 is 2.13 bits per heavy atom. The molecule has 1 aromatic heterocycles. The molecule has 0 spiro atoms. The molecule has 0 radical (unpaired) electrons. The first-order valence-corrected chi connectivity index (χ1v) is 5.32. The maximum Gasteiger partial charge on any atom is 0.129 e. The van der Waals surface area contributed by atoms with Gasteiger partial charge < -0.3 is 10.8 Å². The van der Waals surface area contributed by atoms with Crippen molar-refractivity contribution in [2.75, 3.05) is 5.73 Å². The van der Waals surface area contributed by atoms with Crippen LogP contribution in [0.3, 0.4) is 0 Å². The lowest BCUT2D eigenvalue weighted by Crippen LogP contribution is -2.33. The second-order valence-electron chi connectivity index (χ2n) is 5.02. The smallest absolute Gasteiger partial charge is 0.129 e. The summed E-state index contributed by atoms with van der Waals surface area (Å²) in [6.07, 6.45) is 3.78. The van der Waals surface area contributed by atoms with Crippen LogP contribution in [0.25, 0.3) is 0 Å². The Kier molecular flexibility index (Phi) is 2.05. The molecular weight excluding hydrogens is 188 g/mol. The molecule has 15 heavy (non-hydrogen) atoms. The van der Waals surface area contributed by atoms with Gasteiger partial charge in [0.2, 0.25) is 0 Å². The molecule has 2 rings (SSSR count). The van der Waals surface area contributed by atoms with Crippen molar-refractivity contribution in [2.45, 2.75) is 39.2 Å². The van der Waals surface area contributed by atoms with E-state index in [4.69, 9.17) is 5.73 Å². The van der Waals surface area contributed by atoms with Crippen LogP contribution in [-0.2, 0) is 5.60 Å². The van der Waals surface area contributed by atoms with Crippen LogP contribution in [0.4, 0.5) is 5.82 Å². The zero-order valence-electron chi connectivity index (χ0n) is 9.54. The van der Waals surface area contributed by atoms with Crippen molar-refractivity contribution in [1.82, 2.24) is 4.98 Å². The number of aliphatic hydroxyl groups is 1. The standard InChI is InChI=1S/C12H18N2O/c1-8-4-7-14-10(13)9(8)12(3,15)11(2)5-6-11/h4,7,15H,5-6H2,1-3H3,(H2,13,14). The van der Waals surface area contributed by atoms with Crippen molar-refractivity contribution in [3.8, 4) is 0 Å². The van der Waals surface area contributed by atoms with Gasteiger partial charge in [-0.05, 0) is 38.3 Å². The summed E-state index contributed by atoms with van der Waals surface area (Å²) in [5.41, 5.74) is 6.77. The summed E-state index contributed by atoms with van der Waals surface area (Å²) in [5.74, 6) is 0.452. The Morgan fingerprint density at radius 1 is 1.53 bits per heavy atom. The van der Waals surface area contributed by atoms with Gasteiger partial charge in [0.05, 0.1) is 5.60 Å². The number of nitrogens with zero attached hydrogens (tertiary/aromatic N) is 1. The van der Waals surface area contributed by atoms with Crippen LogP contribution in [0.15, 0.2) is 12.3 Å². The molecule has 3 N–H and O–H groups in total. The quantitative estimate of drug-likeness (QED) is 0.777. The van der Waals surface area contributed by atoms with Gasteiger partial charge >= 0.3 is 0 Å². The van der Waals surface area contributed by atoms with Crippen LogP contribution < -0.4 is 5.73 Å². The third-order valence-electron chi connectivity index (χ3n) is 3.85. The molecule has 1 heterocycles. The molecule has 1 unspecified atom stereocenters. The highest BCUT2D eigenvalue weighted by Gasteiger charge is 2.54. The SMILES string of the molecule is Cc1ccnc(N)c1C(C)(O)C1(C)CC1. The molecule has 1 aliphatic rings. The topological polar surface area (TPSA) is 59.1 Å². The monoisotopic (exact) mass is 206 g/mol. The number of nitrogen functional groups attached to an aromatic ring is 1. The average Bonchev–Trinajstić information content (AvgIpc) is 2.84. The highest BCUT2D eigenvalue weighted by Crippen LogP contribution is 2.58. The molecule has 1 saturated carbocycles. The Bertz CT molecular complexity index is 374. The second-order valence-corrected chi connectivity index (χ2v) is 5.02. The number of nitrogens with two attached hydrogens (primary N) is 1. The van der Waals surface area contributed by atoms with Crippen LogP contribution >= 0.6 is 0 Å². The normalized spacial score (nSPS) is 22.1. The predicted octanol–water partition coefficient (Wildman–Crippen LogP) is 1.98. The zero-order valence-corrected chi connectivity index (χ0v) is 9.54. The van der Waals surface area contributed by atoms with Gasteiger partial charge in [-0.15, -0.1) is 0 Å². The first kappa shape index (κ1) is 10.4. The van der Waals surface area contributed by atoms with Crippen molar-refractivity contribution < 1.29 is 5.11 Å². The highest BCUT2D eigenvalue weighted by atomic mass is 16.3. The average molecular weight is 206 g/mol. The summed E-state index contributed by atoms with van der Waals surface area (Å²) >= 11 is 0. The number of aryl methyl sites for hydroxylation is 1. The van der Waals surface area contributed by atoms with Crippen molar-refractivity contribution in [3.05, 3.63) is 23.4 Å². The van der Waals surface area contributed by atoms with Gasteiger partial charge in [-0.3, -0.25) is 0 Å². The third-order valence-corrected chi connectivity index (χ3v) is 3.85. The lowest BCUT2D eigenvalue weighted by molar-refractivity contribution is -0.0127. The minimum absolute atomic E-state index is 0.0328. The number of hydrogen-bond acceptors (Lipinski definition) is 3. The first-order valence-electron chi connectivity index (χ1n) is 5.32. The van der Waals surface area contributed by atoms with E-state index in [1.807, 2.05) is 19.9 Å². The van der Waals surface area contributed by atoms with Crippen LogP contribution in [0.2, 0.25) is 0 Å². The fourth-order valence-electron chi connectivity index (χ4n) is 2.19. The van der Waals surface area contributed by atoms with Crippen LogP contribution in [0.5, 0.6) is 0 Å². The Balaban J connectivity index is 2.53. The van der Waals surface area contributed by atoms with Gasteiger partial charge in [0.25, 0.3) is 0 Å². The summed E-state index contributed by atoms with van der Waals surface area (Å²) in [6.45, 7) is 5.91. The highest BCUT2D eigenvalue weighted by molar-refractivity contribution is 5.49. The maximum absolute atomic E-state index is 10.6. The number of hydrogen-bond donors (Lipinski definition) is 2. The first-order chi connectivity index (χ1) is 6.88. The lowest BCUT2D eigenvalue weighted by atomic mass is 9.79. The van der Waals surface area contributed by atoms with E-state index in [2.05, 4.69) is 11.9 Å². The lowest BCUT2D eigenvalue weighted by Gasteiger charge is -2.32. The van der Waals surface area contributed by atoms with Gasteiger partial charge in [0.1, 0.15) is 5.82 Å². The summed E-state index contributed by atoms with van der Waals surface area (Å²) in [5, 5.41) is 10.6. The van der Waals surface area contributed by atoms with Gasteiger partial charge in [-0.2, -0.15) is 0 Å². The summed E-state index contributed by atoms with van der Waals surface area (Å²) in [6, 6.07) is 1.89. The van der Waals surface area contributed by atoms with Crippen molar-refractivity contribution in [2.24, 2.45) is 5.41 Å². The van der Waals surface area contributed by atoms with E-state index in [-0.39, 0.29) is 5.41 Å². The fraction of sp³-hybridized carbons (Fsp3) is 0.583. The maximum atomic E-state index is 10.6. The molecule has 0 aliphatic heterocycles. The van der Waals surface area contributed by atoms with Crippen LogP contribution in [-0.4, -0.2) is 10.1 Å². The van der Waals surface area contributed by atoms with E-state index in [1.54, 1.807) is 6.20 Å². The molecule has 82 valence electrons. The van der Waals surface area contributed by atoms with Gasteiger partial charge in [0.15, 0.2) is 0 Å². The molecule has 1 fully saturated rings. The molecule has 0 amide bonds. The van der Waals surface area contributed by atoms with Gasteiger partial charge in [-0.25, -0.2) is 4.98 Å². The predicted molar refractivity (Wildman–Crippen MR) is 60.3 cm³/mol. The van der Waals surface area contributed by atoms with E-state index < -0.39 is 5.60 Å². The molecule has 3 nitrogen and oxygen atoms in total. The molecule has 1 aromatic rings. The Labute approximate surface area is 90.3 Å². The van der Waals surface area contributed by atoms with Gasteiger partial charge in [0, 0.05) is 17.2 Å². The molecule has 1 aliphatic carbocycles. The molecule has 1 atom stereocenters. The van der Waals surface area contributed by atoms with Crippen molar-refractivity contribution in [1.29, 1.82) is 0 Å². The van der Waals surface area contributed by atoms with Gasteiger partial charge in [-0.1, -0.05) is 6.92 Å². The molecule has 3 heteroatoms. The molecule has 0 bridgehead atoms. The zero-order chi connectivity index (χ0) is 11.3. The van der Waals surface area contributed by atoms with E-state index in [9.17, 15) is 5.11 Å². The van der Waals surface area contributed by atoms with E-state index >= 15 is 0 Å². The van der Waals surface area contributed by atoms with E-state index in [0.29, 0.717) is 5.82 Å². The molecule has 0 saturated heterocycles. The number of pyridine rings is 1. The minimum atomic E-state index is -0.866.